The molecule has 0 spiro atoms. The van der Waals surface area contributed by atoms with Crippen molar-refractivity contribution in [1.29, 1.82) is 0 Å². The first kappa shape index (κ1) is 11.2. The number of aliphatic carboxylic acids is 1. The number of aromatic amines is 1. The van der Waals surface area contributed by atoms with Crippen molar-refractivity contribution in [1.82, 2.24) is 10.3 Å². The Labute approximate surface area is 97.4 Å². The molecule has 0 aliphatic carbocycles. The Balaban J connectivity index is 2.20. The lowest BCUT2D eigenvalue weighted by Crippen LogP contribution is -2.37. The number of hydrogen-bond acceptors (Lipinski definition) is 2. The molecule has 0 fully saturated rings. The number of aromatic nitrogens is 1. The van der Waals surface area contributed by atoms with Gasteiger partial charge in [-0.3, -0.25) is 4.79 Å². The van der Waals surface area contributed by atoms with E-state index in [1.165, 1.54) is 0 Å². The van der Waals surface area contributed by atoms with E-state index in [2.05, 4.69) is 10.3 Å². The lowest BCUT2D eigenvalue weighted by atomic mass is 10.0. The third-order valence-corrected chi connectivity index (χ3v) is 2.62. The van der Waals surface area contributed by atoms with Gasteiger partial charge in [0.05, 0.1) is 0 Å². The van der Waals surface area contributed by atoms with E-state index < -0.39 is 12.0 Å². The molecular weight excluding hydrogens is 220 g/mol. The van der Waals surface area contributed by atoms with Crippen LogP contribution in [0.25, 0.3) is 10.9 Å². The summed E-state index contributed by atoms with van der Waals surface area (Å²) < 4.78 is 0. The topological polar surface area (TPSA) is 82.2 Å². The van der Waals surface area contributed by atoms with Gasteiger partial charge in [-0.15, -0.1) is 0 Å². The number of carbonyl (C=O) groups is 2. The van der Waals surface area contributed by atoms with Crippen LogP contribution in [0, 0.1) is 0 Å². The quantitative estimate of drug-likeness (QED) is 0.670. The van der Waals surface area contributed by atoms with Crippen LogP contribution in [-0.4, -0.2) is 28.5 Å². The zero-order valence-electron chi connectivity index (χ0n) is 9.01. The fraction of sp³-hybridized carbons (Fsp3) is 0.167. The first-order chi connectivity index (χ1) is 8.20. The van der Waals surface area contributed by atoms with E-state index in [9.17, 15) is 9.59 Å². The van der Waals surface area contributed by atoms with E-state index >= 15 is 0 Å². The molecule has 88 valence electrons. The largest absolute Gasteiger partial charge is 0.480 e. The fourth-order valence-corrected chi connectivity index (χ4v) is 1.77. The number of hydrogen-bond donors (Lipinski definition) is 3. The van der Waals surface area contributed by atoms with Crippen LogP contribution in [0.15, 0.2) is 30.5 Å². The van der Waals surface area contributed by atoms with Crippen molar-refractivity contribution in [3.8, 4) is 0 Å². The van der Waals surface area contributed by atoms with Crippen molar-refractivity contribution in [3.63, 3.8) is 0 Å². The van der Waals surface area contributed by atoms with Gasteiger partial charge in [-0.25, -0.2) is 4.79 Å². The van der Waals surface area contributed by atoms with Crippen molar-refractivity contribution in [2.24, 2.45) is 0 Å². The zero-order chi connectivity index (χ0) is 12.3. The van der Waals surface area contributed by atoms with E-state index in [0.29, 0.717) is 6.41 Å². The number of amides is 1. The van der Waals surface area contributed by atoms with Gasteiger partial charge in [0.25, 0.3) is 0 Å². The number of carboxylic acid groups (broad SMARTS) is 1. The predicted octanol–water partition coefficient (Wildman–Crippen LogP) is 0.910. The van der Waals surface area contributed by atoms with Gasteiger partial charge >= 0.3 is 5.97 Å². The van der Waals surface area contributed by atoms with Gasteiger partial charge in [-0.05, 0) is 29.1 Å². The lowest BCUT2D eigenvalue weighted by Gasteiger charge is -2.10. The standard InChI is InChI=1S/C12H12N2O3/c15-7-14-11(12(16)17)6-8-1-2-10-9(5-8)3-4-13-10/h1-5,7,11,13H,6H2,(H,14,15)(H,16,17). The number of H-pyrrole nitrogens is 1. The second-order valence-corrected chi connectivity index (χ2v) is 3.78. The fourth-order valence-electron chi connectivity index (χ4n) is 1.77. The molecule has 1 amide bonds. The Morgan fingerprint density at radius 3 is 3.00 bits per heavy atom. The maximum Gasteiger partial charge on any atom is 0.326 e. The highest BCUT2D eigenvalue weighted by molar-refractivity contribution is 5.81. The van der Waals surface area contributed by atoms with E-state index in [1.807, 2.05) is 30.5 Å². The molecule has 1 atom stereocenters. The summed E-state index contributed by atoms with van der Waals surface area (Å²) in [5.74, 6) is -1.04. The minimum atomic E-state index is -1.04. The molecule has 0 aliphatic heterocycles. The molecule has 1 aromatic carbocycles. The number of carboxylic acids is 1. The molecule has 0 radical (unpaired) electrons. The molecule has 17 heavy (non-hydrogen) atoms. The summed E-state index contributed by atoms with van der Waals surface area (Å²) in [7, 11) is 0. The summed E-state index contributed by atoms with van der Waals surface area (Å²) in [6, 6.07) is 6.69. The predicted molar refractivity (Wildman–Crippen MR) is 62.6 cm³/mol. The zero-order valence-corrected chi connectivity index (χ0v) is 9.01. The highest BCUT2D eigenvalue weighted by Crippen LogP contribution is 2.15. The van der Waals surface area contributed by atoms with Gasteiger partial charge in [0, 0.05) is 18.1 Å². The minimum Gasteiger partial charge on any atom is -0.480 e. The first-order valence-corrected chi connectivity index (χ1v) is 5.19. The molecule has 2 rings (SSSR count). The normalized spacial score (nSPS) is 12.2. The van der Waals surface area contributed by atoms with E-state index in [1.54, 1.807) is 0 Å². The highest BCUT2D eigenvalue weighted by Gasteiger charge is 2.16. The van der Waals surface area contributed by atoms with Crippen LogP contribution < -0.4 is 5.32 Å². The monoisotopic (exact) mass is 232 g/mol. The van der Waals surface area contributed by atoms with Crippen LogP contribution in [0.3, 0.4) is 0 Å². The number of rotatable bonds is 5. The maximum absolute atomic E-state index is 10.9. The van der Waals surface area contributed by atoms with Crippen molar-refractivity contribution in [3.05, 3.63) is 36.0 Å². The van der Waals surface area contributed by atoms with Crippen molar-refractivity contribution in [2.45, 2.75) is 12.5 Å². The Morgan fingerprint density at radius 2 is 2.29 bits per heavy atom. The smallest absolute Gasteiger partial charge is 0.326 e. The molecular formula is C12H12N2O3. The van der Waals surface area contributed by atoms with Crippen LogP contribution in [-0.2, 0) is 16.0 Å². The second-order valence-electron chi connectivity index (χ2n) is 3.78. The molecule has 0 aliphatic rings. The maximum atomic E-state index is 10.9. The Hall–Kier alpha value is -2.30. The third-order valence-electron chi connectivity index (χ3n) is 2.62. The number of benzene rings is 1. The van der Waals surface area contributed by atoms with Gasteiger partial charge in [0.1, 0.15) is 6.04 Å². The lowest BCUT2D eigenvalue weighted by molar-refractivity contribution is -0.140. The van der Waals surface area contributed by atoms with Gasteiger partial charge < -0.3 is 15.4 Å². The Kier molecular flexibility index (Phi) is 3.09. The van der Waals surface area contributed by atoms with E-state index in [-0.39, 0.29) is 6.42 Å². The molecule has 1 aromatic heterocycles. The summed E-state index contributed by atoms with van der Waals surface area (Å²) in [5, 5.41) is 12.2. The van der Waals surface area contributed by atoms with Crippen LogP contribution in [0.5, 0.6) is 0 Å². The summed E-state index contributed by atoms with van der Waals surface area (Å²) in [5.41, 5.74) is 1.88. The summed E-state index contributed by atoms with van der Waals surface area (Å²) in [6.07, 6.45) is 2.51. The summed E-state index contributed by atoms with van der Waals surface area (Å²) in [6.45, 7) is 0. The average Bonchev–Trinajstić information content (AvgIpc) is 2.75. The summed E-state index contributed by atoms with van der Waals surface area (Å²) in [4.78, 5) is 24.2. The molecule has 0 saturated heterocycles. The van der Waals surface area contributed by atoms with Crippen molar-refractivity contribution < 1.29 is 14.7 Å². The second kappa shape index (κ2) is 4.69. The molecule has 5 nitrogen and oxygen atoms in total. The van der Waals surface area contributed by atoms with E-state index in [0.717, 1.165) is 16.5 Å². The molecule has 3 N–H and O–H groups in total. The average molecular weight is 232 g/mol. The van der Waals surface area contributed by atoms with Gasteiger partial charge in [-0.2, -0.15) is 0 Å². The molecule has 0 saturated carbocycles. The van der Waals surface area contributed by atoms with Crippen molar-refractivity contribution in [2.75, 3.05) is 0 Å². The van der Waals surface area contributed by atoms with Gasteiger partial charge in [0.15, 0.2) is 0 Å². The minimum absolute atomic E-state index is 0.273. The van der Waals surface area contributed by atoms with E-state index in [4.69, 9.17) is 5.11 Å². The van der Waals surface area contributed by atoms with Crippen LogP contribution in [0.2, 0.25) is 0 Å². The number of fused-ring (bicyclic) bond motifs is 1. The molecule has 2 aromatic rings. The number of nitrogens with one attached hydrogen (secondary N) is 2. The van der Waals surface area contributed by atoms with Crippen LogP contribution in [0.1, 0.15) is 5.56 Å². The Bertz CT molecular complexity index is 547. The number of carbonyl (C=O) groups excluding carboxylic acids is 1. The third kappa shape index (κ3) is 2.44. The van der Waals surface area contributed by atoms with Crippen LogP contribution >= 0.6 is 0 Å². The molecule has 1 unspecified atom stereocenters. The molecule has 5 heteroatoms. The molecule has 0 bridgehead atoms. The van der Waals surface area contributed by atoms with Crippen LogP contribution in [0.4, 0.5) is 0 Å². The van der Waals surface area contributed by atoms with Gasteiger partial charge in [-0.1, -0.05) is 6.07 Å². The van der Waals surface area contributed by atoms with Gasteiger partial charge in [0.2, 0.25) is 6.41 Å². The summed E-state index contributed by atoms with van der Waals surface area (Å²) >= 11 is 0. The highest BCUT2D eigenvalue weighted by atomic mass is 16.4. The SMILES string of the molecule is O=CNC(Cc1ccc2[nH]ccc2c1)C(=O)O. The Morgan fingerprint density at radius 1 is 1.47 bits per heavy atom. The van der Waals surface area contributed by atoms with Crippen molar-refractivity contribution >= 4 is 23.3 Å². The molecule has 1 heterocycles. The first-order valence-electron chi connectivity index (χ1n) is 5.19.